The van der Waals surface area contributed by atoms with E-state index in [0.29, 0.717) is 13.0 Å². The van der Waals surface area contributed by atoms with Crippen molar-refractivity contribution >= 4 is 5.91 Å². The van der Waals surface area contributed by atoms with Crippen molar-refractivity contribution in [3.63, 3.8) is 0 Å². The monoisotopic (exact) mass is 254 g/mol. The Balaban J connectivity index is 2.20. The quantitative estimate of drug-likeness (QED) is 0.777. The number of carbonyl (C=O) groups excluding carboxylic acids is 1. The predicted octanol–water partition coefficient (Wildman–Crippen LogP) is 1.38. The Labute approximate surface area is 108 Å². The van der Waals surface area contributed by atoms with Crippen LogP contribution < -0.4 is 5.32 Å². The lowest BCUT2D eigenvalue weighted by Crippen LogP contribution is -2.41. The molecule has 1 amide bonds. The molecule has 1 N–H and O–H groups in total. The van der Waals surface area contributed by atoms with Crippen LogP contribution in [0, 0.1) is 11.3 Å². The van der Waals surface area contributed by atoms with E-state index in [9.17, 15) is 4.79 Å². The smallest absolute Gasteiger partial charge is 0.249 e. The van der Waals surface area contributed by atoms with Crippen molar-refractivity contribution in [3.8, 4) is 6.07 Å². The first kappa shape index (κ1) is 14.9. The Kier molecular flexibility index (Phi) is 6.69. The van der Waals surface area contributed by atoms with Crippen LogP contribution in [0.2, 0.25) is 0 Å². The van der Waals surface area contributed by atoms with Crippen LogP contribution in [0.4, 0.5) is 0 Å². The van der Waals surface area contributed by atoms with Gasteiger partial charge in [0, 0.05) is 12.6 Å². The normalized spacial score (nSPS) is 22.8. The van der Waals surface area contributed by atoms with Gasteiger partial charge in [-0.05, 0) is 33.1 Å². The maximum absolute atomic E-state index is 11.7. The van der Waals surface area contributed by atoms with E-state index in [2.05, 4.69) is 5.32 Å². The molecule has 0 spiro atoms. The Hall–Kier alpha value is -1.12. The number of hydrogen-bond acceptors (Lipinski definition) is 4. The van der Waals surface area contributed by atoms with Crippen molar-refractivity contribution in [1.82, 2.24) is 5.32 Å². The summed E-state index contributed by atoms with van der Waals surface area (Å²) < 4.78 is 11.0. The van der Waals surface area contributed by atoms with E-state index in [4.69, 9.17) is 14.7 Å². The van der Waals surface area contributed by atoms with Gasteiger partial charge in [-0.25, -0.2) is 0 Å². The lowest BCUT2D eigenvalue weighted by atomic mass is 10.1. The predicted molar refractivity (Wildman–Crippen MR) is 66.8 cm³/mol. The average Bonchev–Trinajstić information content (AvgIpc) is 2.37. The third-order valence-corrected chi connectivity index (χ3v) is 2.96. The fraction of sp³-hybridized carbons (Fsp3) is 0.846. The second-order valence-corrected chi connectivity index (χ2v) is 4.74. The fourth-order valence-electron chi connectivity index (χ4n) is 1.81. The van der Waals surface area contributed by atoms with Gasteiger partial charge in [-0.1, -0.05) is 0 Å². The van der Waals surface area contributed by atoms with E-state index in [0.717, 1.165) is 25.9 Å². The first-order valence-electron chi connectivity index (χ1n) is 6.54. The van der Waals surface area contributed by atoms with Gasteiger partial charge in [0.1, 0.15) is 6.10 Å². The topological polar surface area (TPSA) is 71.4 Å². The SMILES string of the molecule is C[C@H](CC#N)NC(=O)[C@@H](C)OC[C@@H]1CCCCO1. The third-order valence-electron chi connectivity index (χ3n) is 2.96. The van der Waals surface area contributed by atoms with Crippen molar-refractivity contribution in [1.29, 1.82) is 5.26 Å². The first-order valence-corrected chi connectivity index (χ1v) is 6.54. The van der Waals surface area contributed by atoms with E-state index in [-0.39, 0.29) is 18.1 Å². The van der Waals surface area contributed by atoms with Gasteiger partial charge in [0.25, 0.3) is 0 Å². The van der Waals surface area contributed by atoms with Gasteiger partial charge < -0.3 is 14.8 Å². The largest absolute Gasteiger partial charge is 0.376 e. The molecule has 3 atom stereocenters. The minimum Gasteiger partial charge on any atom is -0.376 e. The van der Waals surface area contributed by atoms with Crippen LogP contribution in [0.15, 0.2) is 0 Å². The molecule has 0 unspecified atom stereocenters. The minimum absolute atomic E-state index is 0.116. The molecule has 18 heavy (non-hydrogen) atoms. The van der Waals surface area contributed by atoms with E-state index in [1.807, 2.05) is 6.07 Å². The molecule has 0 radical (unpaired) electrons. The summed E-state index contributed by atoms with van der Waals surface area (Å²) in [6.45, 7) is 4.77. The zero-order chi connectivity index (χ0) is 13.4. The number of ether oxygens (including phenoxy) is 2. The fourth-order valence-corrected chi connectivity index (χ4v) is 1.81. The molecule has 1 aliphatic heterocycles. The van der Waals surface area contributed by atoms with Gasteiger partial charge in [0.05, 0.1) is 25.2 Å². The molecule has 0 aromatic rings. The summed E-state index contributed by atoms with van der Waals surface area (Å²) in [4.78, 5) is 11.7. The maximum atomic E-state index is 11.7. The Bertz CT molecular complexity index is 295. The van der Waals surface area contributed by atoms with Crippen LogP contribution in [0.3, 0.4) is 0 Å². The molecule has 5 heteroatoms. The number of nitrogens with one attached hydrogen (secondary N) is 1. The number of nitriles is 1. The molecule has 1 aliphatic rings. The number of rotatable bonds is 6. The van der Waals surface area contributed by atoms with Crippen LogP contribution in [-0.2, 0) is 14.3 Å². The highest BCUT2D eigenvalue weighted by Gasteiger charge is 2.19. The van der Waals surface area contributed by atoms with Crippen LogP contribution >= 0.6 is 0 Å². The Morgan fingerprint density at radius 1 is 1.56 bits per heavy atom. The van der Waals surface area contributed by atoms with Crippen LogP contribution in [0.1, 0.15) is 39.5 Å². The molecule has 1 rings (SSSR count). The molecule has 0 bridgehead atoms. The first-order chi connectivity index (χ1) is 8.63. The van der Waals surface area contributed by atoms with E-state index >= 15 is 0 Å². The van der Waals surface area contributed by atoms with Gasteiger partial charge in [-0.2, -0.15) is 5.26 Å². The highest BCUT2D eigenvalue weighted by Crippen LogP contribution is 2.13. The molecule has 1 saturated heterocycles. The summed E-state index contributed by atoms with van der Waals surface area (Å²) in [6, 6.07) is 1.88. The molecular weight excluding hydrogens is 232 g/mol. The Morgan fingerprint density at radius 2 is 2.33 bits per heavy atom. The second-order valence-electron chi connectivity index (χ2n) is 4.74. The van der Waals surface area contributed by atoms with Gasteiger partial charge in [0.2, 0.25) is 5.91 Å². The summed E-state index contributed by atoms with van der Waals surface area (Å²) in [5.74, 6) is -0.173. The van der Waals surface area contributed by atoms with E-state index < -0.39 is 6.10 Å². The van der Waals surface area contributed by atoms with Gasteiger partial charge in [0.15, 0.2) is 0 Å². The highest BCUT2D eigenvalue weighted by molar-refractivity contribution is 5.80. The van der Waals surface area contributed by atoms with Crippen LogP contribution in [0.5, 0.6) is 0 Å². The van der Waals surface area contributed by atoms with Gasteiger partial charge in [-0.3, -0.25) is 4.79 Å². The summed E-state index contributed by atoms with van der Waals surface area (Å²) in [7, 11) is 0. The molecule has 102 valence electrons. The van der Waals surface area contributed by atoms with Crippen molar-refractivity contribution < 1.29 is 14.3 Å². The van der Waals surface area contributed by atoms with Crippen LogP contribution in [-0.4, -0.2) is 37.4 Å². The highest BCUT2D eigenvalue weighted by atomic mass is 16.5. The summed E-state index contributed by atoms with van der Waals surface area (Å²) >= 11 is 0. The molecule has 1 fully saturated rings. The Morgan fingerprint density at radius 3 is 2.94 bits per heavy atom. The minimum atomic E-state index is -0.503. The lowest BCUT2D eigenvalue weighted by Gasteiger charge is -2.24. The third kappa shape index (κ3) is 5.48. The number of amides is 1. The number of carbonyl (C=O) groups is 1. The van der Waals surface area contributed by atoms with E-state index in [1.54, 1.807) is 13.8 Å². The van der Waals surface area contributed by atoms with Crippen molar-refractivity contribution in [2.45, 2.75) is 57.8 Å². The molecule has 0 aliphatic carbocycles. The standard InChI is InChI=1S/C13H22N2O3/c1-10(6-7-14)15-13(16)11(2)18-9-12-5-3-4-8-17-12/h10-12H,3-6,8-9H2,1-2H3,(H,15,16)/t10-,11-,12+/m1/s1. The number of hydrogen-bond donors (Lipinski definition) is 1. The number of nitrogens with zero attached hydrogens (tertiary/aromatic N) is 1. The molecule has 0 aromatic heterocycles. The zero-order valence-electron chi connectivity index (χ0n) is 11.1. The molecule has 0 aromatic carbocycles. The average molecular weight is 254 g/mol. The van der Waals surface area contributed by atoms with Crippen molar-refractivity contribution in [3.05, 3.63) is 0 Å². The summed E-state index contributed by atoms with van der Waals surface area (Å²) in [5.41, 5.74) is 0. The molecular formula is C13H22N2O3. The van der Waals surface area contributed by atoms with Crippen LogP contribution in [0.25, 0.3) is 0 Å². The van der Waals surface area contributed by atoms with Gasteiger partial charge >= 0.3 is 0 Å². The van der Waals surface area contributed by atoms with Crippen molar-refractivity contribution in [2.75, 3.05) is 13.2 Å². The lowest BCUT2D eigenvalue weighted by molar-refractivity contribution is -0.136. The van der Waals surface area contributed by atoms with E-state index in [1.165, 1.54) is 0 Å². The van der Waals surface area contributed by atoms with Gasteiger partial charge in [-0.15, -0.1) is 0 Å². The van der Waals surface area contributed by atoms with Crippen molar-refractivity contribution in [2.24, 2.45) is 0 Å². The maximum Gasteiger partial charge on any atom is 0.249 e. The molecule has 0 saturated carbocycles. The molecule has 5 nitrogen and oxygen atoms in total. The molecule has 1 heterocycles. The summed E-state index contributed by atoms with van der Waals surface area (Å²) in [5, 5.41) is 11.3. The summed E-state index contributed by atoms with van der Waals surface area (Å²) in [6.07, 6.45) is 3.19. The zero-order valence-corrected chi connectivity index (χ0v) is 11.1. The second kappa shape index (κ2) is 8.06.